The van der Waals surface area contributed by atoms with Crippen molar-refractivity contribution in [3.8, 4) is 5.75 Å². The zero-order valence-electron chi connectivity index (χ0n) is 17.9. The number of nitrogens with zero attached hydrogens (tertiary/aromatic N) is 1. The molecular weight excluding hydrogens is 435 g/mol. The number of hydrogen-bond acceptors (Lipinski definition) is 5. The lowest BCUT2D eigenvalue weighted by atomic mass is 10.1. The standard InChI is InChI=1S/C23H25FN2O5S/c1-3-30-19-8-10-21(11-9-19)32(28,29)26(15-20-5-4-12-31-20)16-23(27)25-14-18-7-6-17(2)22(24)13-18/h4-13H,3,14-16H2,1-2H3,(H,25,27). The molecule has 0 spiro atoms. The summed E-state index contributed by atoms with van der Waals surface area (Å²) in [4.78, 5) is 12.6. The van der Waals surface area contributed by atoms with Gasteiger partial charge in [-0.25, -0.2) is 12.8 Å². The molecule has 0 radical (unpaired) electrons. The zero-order chi connectivity index (χ0) is 23.1. The van der Waals surface area contributed by atoms with Gasteiger partial charge in [0.25, 0.3) is 0 Å². The van der Waals surface area contributed by atoms with Gasteiger partial charge in [-0.2, -0.15) is 4.31 Å². The van der Waals surface area contributed by atoms with Crippen LogP contribution in [-0.4, -0.2) is 31.8 Å². The molecule has 7 nitrogen and oxygen atoms in total. The van der Waals surface area contributed by atoms with Crippen LogP contribution in [0.1, 0.15) is 23.8 Å². The third-order valence-corrected chi connectivity index (χ3v) is 6.54. The van der Waals surface area contributed by atoms with Gasteiger partial charge in [0.05, 0.1) is 30.9 Å². The molecule has 0 aliphatic heterocycles. The van der Waals surface area contributed by atoms with E-state index in [4.69, 9.17) is 9.15 Å². The maximum atomic E-state index is 13.7. The first kappa shape index (κ1) is 23.5. The number of sulfonamides is 1. The molecule has 0 fully saturated rings. The first-order valence-electron chi connectivity index (χ1n) is 10.1. The number of halogens is 1. The fourth-order valence-electron chi connectivity index (χ4n) is 2.99. The van der Waals surface area contributed by atoms with E-state index in [1.165, 1.54) is 24.5 Å². The van der Waals surface area contributed by atoms with Crippen molar-refractivity contribution in [1.82, 2.24) is 9.62 Å². The summed E-state index contributed by atoms with van der Waals surface area (Å²) in [5.41, 5.74) is 1.08. The second-order valence-corrected chi connectivity index (χ2v) is 9.06. The number of amides is 1. The van der Waals surface area contributed by atoms with E-state index in [9.17, 15) is 17.6 Å². The summed E-state index contributed by atoms with van der Waals surface area (Å²) >= 11 is 0. The lowest BCUT2D eigenvalue weighted by Gasteiger charge is -2.21. The monoisotopic (exact) mass is 460 g/mol. The number of nitrogens with one attached hydrogen (secondary N) is 1. The summed E-state index contributed by atoms with van der Waals surface area (Å²) in [6, 6.07) is 13.9. The highest BCUT2D eigenvalue weighted by Crippen LogP contribution is 2.21. The van der Waals surface area contributed by atoms with E-state index >= 15 is 0 Å². The maximum absolute atomic E-state index is 13.7. The van der Waals surface area contributed by atoms with Crippen LogP contribution < -0.4 is 10.1 Å². The van der Waals surface area contributed by atoms with Crippen molar-refractivity contribution < 1.29 is 26.8 Å². The van der Waals surface area contributed by atoms with Crippen molar-refractivity contribution in [3.63, 3.8) is 0 Å². The Bertz CT molecular complexity index is 1150. The number of benzene rings is 2. The molecule has 3 rings (SSSR count). The van der Waals surface area contributed by atoms with E-state index in [1.54, 1.807) is 43.3 Å². The maximum Gasteiger partial charge on any atom is 0.243 e. The van der Waals surface area contributed by atoms with E-state index < -0.39 is 22.5 Å². The summed E-state index contributed by atoms with van der Waals surface area (Å²) in [5, 5.41) is 2.64. The molecule has 32 heavy (non-hydrogen) atoms. The van der Waals surface area contributed by atoms with Crippen LogP contribution in [0.3, 0.4) is 0 Å². The highest BCUT2D eigenvalue weighted by Gasteiger charge is 2.27. The van der Waals surface area contributed by atoms with Crippen LogP contribution in [-0.2, 0) is 27.9 Å². The molecule has 0 atom stereocenters. The van der Waals surface area contributed by atoms with Gasteiger partial charge < -0.3 is 14.5 Å². The van der Waals surface area contributed by atoms with Crippen molar-refractivity contribution in [2.75, 3.05) is 13.2 Å². The molecule has 2 aromatic carbocycles. The predicted octanol–water partition coefficient (Wildman–Crippen LogP) is 3.63. The molecule has 0 aliphatic carbocycles. The van der Waals surface area contributed by atoms with Crippen LogP contribution in [0, 0.1) is 12.7 Å². The van der Waals surface area contributed by atoms with E-state index in [0.29, 0.717) is 29.2 Å². The lowest BCUT2D eigenvalue weighted by molar-refractivity contribution is -0.121. The van der Waals surface area contributed by atoms with Crippen LogP contribution in [0.25, 0.3) is 0 Å². The SMILES string of the molecule is CCOc1ccc(S(=O)(=O)N(CC(=O)NCc2ccc(C)c(F)c2)Cc2ccco2)cc1. The Kier molecular flexibility index (Phi) is 7.66. The van der Waals surface area contributed by atoms with E-state index in [1.807, 2.05) is 6.92 Å². The number of hydrogen-bond donors (Lipinski definition) is 1. The number of furan rings is 1. The Balaban J connectivity index is 1.75. The van der Waals surface area contributed by atoms with E-state index in [-0.39, 0.29) is 23.8 Å². The molecule has 1 amide bonds. The molecule has 9 heteroatoms. The average Bonchev–Trinajstić information content (AvgIpc) is 3.28. The van der Waals surface area contributed by atoms with E-state index in [0.717, 1.165) is 4.31 Å². The molecule has 0 bridgehead atoms. The number of ether oxygens (including phenoxy) is 1. The third-order valence-electron chi connectivity index (χ3n) is 4.73. The highest BCUT2D eigenvalue weighted by molar-refractivity contribution is 7.89. The molecule has 0 saturated carbocycles. The average molecular weight is 461 g/mol. The number of carbonyl (C=O) groups is 1. The minimum Gasteiger partial charge on any atom is -0.494 e. The summed E-state index contributed by atoms with van der Waals surface area (Å²) < 4.78 is 51.9. The molecule has 1 N–H and O–H groups in total. The van der Waals surface area contributed by atoms with Gasteiger partial charge in [0.1, 0.15) is 17.3 Å². The van der Waals surface area contributed by atoms with Crippen molar-refractivity contribution in [2.45, 2.75) is 31.8 Å². The van der Waals surface area contributed by atoms with Gasteiger partial charge in [-0.1, -0.05) is 12.1 Å². The molecule has 170 valence electrons. The van der Waals surface area contributed by atoms with Crippen LogP contribution in [0.2, 0.25) is 0 Å². The van der Waals surface area contributed by atoms with Crippen molar-refractivity contribution in [1.29, 1.82) is 0 Å². The second-order valence-electron chi connectivity index (χ2n) is 7.12. The fraction of sp³-hybridized carbons (Fsp3) is 0.261. The third kappa shape index (κ3) is 5.95. The second kappa shape index (κ2) is 10.4. The van der Waals surface area contributed by atoms with Gasteiger partial charge in [-0.05, 0) is 67.4 Å². The van der Waals surface area contributed by atoms with Crippen molar-refractivity contribution in [3.05, 3.63) is 83.6 Å². The molecule has 3 aromatic rings. The predicted molar refractivity (Wildman–Crippen MR) is 117 cm³/mol. The Morgan fingerprint density at radius 2 is 1.91 bits per heavy atom. The van der Waals surface area contributed by atoms with Gasteiger partial charge in [0, 0.05) is 6.54 Å². The smallest absolute Gasteiger partial charge is 0.243 e. The molecule has 0 saturated heterocycles. The first-order valence-corrected chi connectivity index (χ1v) is 11.5. The highest BCUT2D eigenvalue weighted by atomic mass is 32.2. The number of aryl methyl sites for hydroxylation is 1. The van der Waals surface area contributed by atoms with Gasteiger partial charge >= 0.3 is 0 Å². The van der Waals surface area contributed by atoms with Crippen LogP contribution in [0.4, 0.5) is 4.39 Å². The number of rotatable bonds is 10. The van der Waals surface area contributed by atoms with Crippen LogP contribution in [0.5, 0.6) is 5.75 Å². The topological polar surface area (TPSA) is 88.9 Å². The molecular formula is C23H25FN2O5S. The summed E-state index contributed by atoms with van der Waals surface area (Å²) in [6.45, 7) is 3.48. The Morgan fingerprint density at radius 1 is 1.16 bits per heavy atom. The van der Waals surface area contributed by atoms with Crippen molar-refractivity contribution >= 4 is 15.9 Å². The zero-order valence-corrected chi connectivity index (χ0v) is 18.7. The minimum atomic E-state index is -4.00. The Labute approximate surface area is 186 Å². The Morgan fingerprint density at radius 3 is 2.53 bits per heavy atom. The van der Waals surface area contributed by atoms with Crippen LogP contribution in [0.15, 0.2) is 70.2 Å². The minimum absolute atomic E-state index is 0.0286. The Hall–Kier alpha value is -3.17. The van der Waals surface area contributed by atoms with E-state index in [2.05, 4.69) is 5.32 Å². The lowest BCUT2D eigenvalue weighted by Crippen LogP contribution is -2.40. The largest absolute Gasteiger partial charge is 0.494 e. The van der Waals surface area contributed by atoms with Gasteiger partial charge in [0.15, 0.2) is 0 Å². The molecule has 1 aromatic heterocycles. The molecule has 0 unspecified atom stereocenters. The number of carbonyl (C=O) groups excluding carboxylic acids is 1. The normalized spacial score (nSPS) is 11.5. The summed E-state index contributed by atoms with van der Waals surface area (Å²) in [7, 11) is -4.00. The molecule has 0 aliphatic rings. The quantitative estimate of drug-likeness (QED) is 0.499. The van der Waals surface area contributed by atoms with Crippen molar-refractivity contribution in [2.24, 2.45) is 0 Å². The van der Waals surface area contributed by atoms with Gasteiger partial charge in [0.2, 0.25) is 15.9 Å². The fourth-order valence-corrected chi connectivity index (χ4v) is 4.35. The van der Waals surface area contributed by atoms with Crippen LogP contribution >= 0.6 is 0 Å². The summed E-state index contributed by atoms with van der Waals surface area (Å²) in [6.07, 6.45) is 1.43. The first-order chi connectivity index (χ1) is 15.3. The van der Waals surface area contributed by atoms with Gasteiger partial charge in [-0.3, -0.25) is 4.79 Å². The van der Waals surface area contributed by atoms with Gasteiger partial charge in [-0.15, -0.1) is 0 Å². The summed E-state index contributed by atoms with van der Waals surface area (Å²) in [5.74, 6) is 0.0568. The molecule has 1 heterocycles.